The highest BCUT2D eigenvalue weighted by atomic mass is 15.0. The number of hydrogen-bond acceptors (Lipinski definition) is 2. The molecule has 0 aromatic heterocycles. The third kappa shape index (κ3) is 1.09. The van der Waals surface area contributed by atoms with E-state index in [2.05, 4.69) is 24.7 Å². The first kappa shape index (κ1) is 7.56. The second-order valence-corrected chi connectivity index (χ2v) is 4.29. The Hall–Kier alpha value is -0.0800. The van der Waals surface area contributed by atoms with Crippen molar-refractivity contribution >= 4 is 0 Å². The first-order valence-electron chi connectivity index (χ1n) is 4.62. The maximum absolute atomic E-state index is 3.34. The standard InChI is InChI=1S/C9H18N2/c1-10-7-3-9(4-7)5-8(6-9)11-2/h7-8,10-11H,3-6H2,1-2H3. The highest BCUT2D eigenvalue weighted by Gasteiger charge is 2.51. The van der Waals surface area contributed by atoms with Crippen molar-refractivity contribution in [2.24, 2.45) is 5.41 Å². The summed E-state index contributed by atoms with van der Waals surface area (Å²) in [6.07, 6.45) is 5.67. The molecule has 64 valence electrons. The van der Waals surface area contributed by atoms with Gasteiger partial charge in [-0.2, -0.15) is 0 Å². The molecule has 11 heavy (non-hydrogen) atoms. The van der Waals surface area contributed by atoms with Gasteiger partial charge in [0.15, 0.2) is 0 Å². The molecule has 0 aromatic rings. The van der Waals surface area contributed by atoms with E-state index in [0.717, 1.165) is 17.5 Å². The molecule has 0 unspecified atom stereocenters. The van der Waals surface area contributed by atoms with E-state index in [0.29, 0.717) is 0 Å². The van der Waals surface area contributed by atoms with Crippen molar-refractivity contribution in [3.8, 4) is 0 Å². The van der Waals surface area contributed by atoms with Crippen LogP contribution in [0.2, 0.25) is 0 Å². The minimum absolute atomic E-state index is 0.765. The molecular formula is C9H18N2. The van der Waals surface area contributed by atoms with E-state index in [4.69, 9.17) is 0 Å². The summed E-state index contributed by atoms with van der Waals surface area (Å²) >= 11 is 0. The van der Waals surface area contributed by atoms with Gasteiger partial charge in [-0.15, -0.1) is 0 Å². The van der Waals surface area contributed by atoms with E-state index in [1.54, 1.807) is 0 Å². The average molecular weight is 154 g/mol. The molecule has 2 heteroatoms. The lowest BCUT2D eigenvalue weighted by molar-refractivity contribution is -0.0249. The Morgan fingerprint density at radius 1 is 0.909 bits per heavy atom. The van der Waals surface area contributed by atoms with Crippen LogP contribution in [0.15, 0.2) is 0 Å². The molecule has 2 N–H and O–H groups in total. The van der Waals surface area contributed by atoms with Crippen molar-refractivity contribution in [1.82, 2.24) is 10.6 Å². The van der Waals surface area contributed by atoms with Gasteiger partial charge < -0.3 is 10.6 Å². The van der Waals surface area contributed by atoms with E-state index in [1.165, 1.54) is 25.7 Å². The van der Waals surface area contributed by atoms with E-state index >= 15 is 0 Å². The molecule has 2 aliphatic rings. The van der Waals surface area contributed by atoms with Crippen LogP contribution in [0.5, 0.6) is 0 Å². The summed E-state index contributed by atoms with van der Waals surface area (Å²) in [5, 5.41) is 6.67. The molecule has 0 saturated heterocycles. The molecule has 0 aliphatic heterocycles. The van der Waals surface area contributed by atoms with E-state index in [9.17, 15) is 0 Å². The van der Waals surface area contributed by atoms with Crippen LogP contribution in [0.3, 0.4) is 0 Å². The van der Waals surface area contributed by atoms with Crippen LogP contribution in [0.4, 0.5) is 0 Å². The quantitative estimate of drug-likeness (QED) is 0.613. The third-order valence-corrected chi connectivity index (χ3v) is 3.53. The summed E-state index contributed by atoms with van der Waals surface area (Å²) in [5.41, 5.74) is 0.765. The van der Waals surface area contributed by atoms with Crippen LogP contribution < -0.4 is 10.6 Å². The van der Waals surface area contributed by atoms with Crippen molar-refractivity contribution in [2.45, 2.75) is 37.8 Å². The van der Waals surface area contributed by atoms with Crippen LogP contribution in [0.25, 0.3) is 0 Å². The molecule has 2 fully saturated rings. The van der Waals surface area contributed by atoms with E-state index in [1.807, 2.05) is 0 Å². The molecule has 2 nitrogen and oxygen atoms in total. The zero-order valence-electron chi connectivity index (χ0n) is 7.48. The normalized spacial score (nSPS) is 48.5. The van der Waals surface area contributed by atoms with Crippen LogP contribution in [0, 0.1) is 5.41 Å². The van der Waals surface area contributed by atoms with Crippen LogP contribution in [-0.4, -0.2) is 26.2 Å². The molecule has 0 amide bonds. The summed E-state index contributed by atoms with van der Waals surface area (Å²) in [6, 6.07) is 1.65. The van der Waals surface area contributed by atoms with Crippen molar-refractivity contribution in [1.29, 1.82) is 0 Å². The minimum atomic E-state index is 0.765. The van der Waals surface area contributed by atoms with Crippen LogP contribution >= 0.6 is 0 Å². The minimum Gasteiger partial charge on any atom is -0.317 e. The molecule has 2 saturated carbocycles. The fourth-order valence-corrected chi connectivity index (χ4v) is 2.71. The van der Waals surface area contributed by atoms with Crippen molar-refractivity contribution < 1.29 is 0 Å². The smallest absolute Gasteiger partial charge is 0.00746 e. The van der Waals surface area contributed by atoms with Gasteiger partial charge in [-0.3, -0.25) is 0 Å². The highest BCUT2D eigenvalue weighted by molar-refractivity contribution is 5.07. The topological polar surface area (TPSA) is 24.1 Å². The van der Waals surface area contributed by atoms with Gasteiger partial charge in [0.1, 0.15) is 0 Å². The zero-order valence-corrected chi connectivity index (χ0v) is 7.48. The summed E-state index contributed by atoms with van der Waals surface area (Å²) in [6.45, 7) is 0. The monoisotopic (exact) mass is 154 g/mol. The van der Waals surface area contributed by atoms with Crippen molar-refractivity contribution in [2.75, 3.05) is 14.1 Å². The van der Waals surface area contributed by atoms with E-state index < -0.39 is 0 Å². The van der Waals surface area contributed by atoms with Crippen LogP contribution in [-0.2, 0) is 0 Å². The third-order valence-electron chi connectivity index (χ3n) is 3.53. The van der Waals surface area contributed by atoms with Gasteiger partial charge in [0.2, 0.25) is 0 Å². The van der Waals surface area contributed by atoms with Gasteiger partial charge in [-0.25, -0.2) is 0 Å². The fraction of sp³-hybridized carbons (Fsp3) is 1.00. The summed E-state index contributed by atoms with van der Waals surface area (Å²) in [7, 11) is 4.15. The number of nitrogens with one attached hydrogen (secondary N) is 2. The van der Waals surface area contributed by atoms with E-state index in [-0.39, 0.29) is 0 Å². The largest absolute Gasteiger partial charge is 0.317 e. The first-order valence-corrected chi connectivity index (χ1v) is 4.62. The molecule has 1 spiro atoms. The summed E-state index contributed by atoms with van der Waals surface area (Å²) in [4.78, 5) is 0. The molecule has 2 rings (SSSR count). The highest BCUT2D eigenvalue weighted by Crippen LogP contribution is 2.55. The molecule has 0 heterocycles. The Labute approximate surface area is 68.7 Å². The zero-order chi connectivity index (χ0) is 7.90. The Morgan fingerprint density at radius 3 is 1.55 bits per heavy atom. The second kappa shape index (κ2) is 2.46. The first-order chi connectivity index (χ1) is 5.28. The number of hydrogen-bond donors (Lipinski definition) is 2. The van der Waals surface area contributed by atoms with Gasteiger partial charge >= 0.3 is 0 Å². The summed E-state index contributed by atoms with van der Waals surface area (Å²) < 4.78 is 0. The Balaban J connectivity index is 1.75. The van der Waals surface area contributed by atoms with Gasteiger partial charge in [0.25, 0.3) is 0 Å². The Bertz CT molecular complexity index is 122. The number of rotatable bonds is 2. The molecular weight excluding hydrogens is 136 g/mol. The Kier molecular flexibility index (Phi) is 1.69. The van der Waals surface area contributed by atoms with Gasteiger partial charge in [0, 0.05) is 12.1 Å². The molecule has 0 radical (unpaired) electrons. The average Bonchev–Trinajstić information content (AvgIpc) is 1.83. The maximum atomic E-state index is 3.34. The second-order valence-electron chi connectivity index (χ2n) is 4.29. The molecule has 0 bridgehead atoms. The molecule has 0 atom stereocenters. The van der Waals surface area contributed by atoms with Crippen LogP contribution in [0.1, 0.15) is 25.7 Å². The lowest BCUT2D eigenvalue weighted by atomic mass is 9.52. The van der Waals surface area contributed by atoms with Gasteiger partial charge in [0.05, 0.1) is 0 Å². The predicted molar refractivity (Wildman–Crippen MR) is 46.6 cm³/mol. The lowest BCUT2D eigenvalue weighted by Gasteiger charge is -2.57. The molecule has 0 aromatic carbocycles. The summed E-state index contributed by atoms with van der Waals surface area (Å²) in [5.74, 6) is 0. The lowest BCUT2D eigenvalue weighted by Crippen LogP contribution is -2.58. The van der Waals surface area contributed by atoms with Gasteiger partial charge in [-0.1, -0.05) is 0 Å². The maximum Gasteiger partial charge on any atom is 0.00746 e. The van der Waals surface area contributed by atoms with Gasteiger partial charge in [-0.05, 0) is 45.2 Å². The SMILES string of the molecule is CNC1CC2(C1)CC(NC)C2. The van der Waals surface area contributed by atoms with Crippen molar-refractivity contribution in [3.63, 3.8) is 0 Å². The fourth-order valence-electron chi connectivity index (χ4n) is 2.71. The molecule has 2 aliphatic carbocycles. The predicted octanol–water partition coefficient (Wildman–Crippen LogP) is 0.736. The Morgan fingerprint density at radius 2 is 1.27 bits per heavy atom. The van der Waals surface area contributed by atoms with Crippen molar-refractivity contribution in [3.05, 3.63) is 0 Å².